The first kappa shape index (κ1) is 20.0. The van der Waals surface area contributed by atoms with Crippen LogP contribution in [0.3, 0.4) is 0 Å². The van der Waals surface area contributed by atoms with Crippen molar-refractivity contribution in [3.63, 3.8) is 0 Å². The van der Waals surface area contributed by atoms with E-state index < -0.39 is 0 Å². The fourth-order valence-electron chi connectivity index (χ4n) is 4.34. The van der Waals surface area contributed by atoms with Gasteiger partial charge < -0.3 is 24.0 Å². The van der Waals surface area contributed by atoms with Crippen molar-refractivity contribution in [2.24, 2.45) is 0 Å². The Morgan fingerprint density at radius 2 is 1.76 bits per heavy atom. The molecule has 0 saturated carbocycles. The Kier molecular flexibility index (Phi) is 6.23. The highest BCUT2D eigenvalue weighted by molar-refractivity contribution is 5.97. The molecule has 4 rings (SSSR count). The van der Waals surface area contributed by atoms with Crippen LogP contribution in [0.1, 0.15) is 48.9 Å². The molecule has 1 atom stereocenters. The number of rotatable bonds is 5. The minimum absolute atomic E-state index is 0.0196. The molecule has 3 fully saturated rings. The van der Waals surface area contributed by atoms with Gasteiger partial charge in [0.25, 0.3) is 11.8 Å². The van der Waals surface area contributed by atoms with Gasteiger partial charge in [0.2, 0.25) is 0 Å². The predicted molar refractivity (Wildman–Crippen MR) is 107 cm³/mol. The molecule has 3 heterocycles. The van der Waals surface area contributed by atoms with E-state index in [0.29, 0.717) is 36.8 Å². The first-order valence-electron chi connectivity index (χ1n) is 10.7. The number of benzene rings is 1. The molecule has 2 amide bonds. The van der Waals surface area contributed by atoms with Gasteiger partial charge >= 0.3 is 0 Å². The van der Waals surface area contributed by atoms with Gasteiger partial charge in [0.1, 0.15) is 23.7 Å². The first-order valence-corrected chi connectivity index (χ1v) is 10.7. The maximum absolute atomic E-state index is 12.9. The van der Waals surface area contributed by atoms with Gasteiger partial charge in [0.05, 0.1) is 12.7 Å². The van der Waals surface area contributed by atoms with E-state index in [1.54, 1.807) is 25.3 Å². The van der Waals surface area contributed by atoms with Crippen molar-refractivity contribution in [3.8, 4) is 11.5 Å². The van der Waals surface area contributed by atoms with E-state index >= 15 is 0 Å². The highest BCUT2D eigenvalue weighted by Crippen LogP contribution is 2.30. The third-order valence-corrected chi connectivity index (χ3v) is 6.06. The number of nitrogens with zero attached hydrogens (tertiary/aromatic N) is 2. The molecule has 158 valence electrons. The van der Waals surface area contributed by atoms with Crippen LogP contribution in [0.2, 0.25) is 0 Å². The number of carbonyl (C=O) groups is 2. The molecular weight excluding hydrogens is 372 g/mol. The molecule has 1 aromatic carbocycles. The summed E-state index contributed by atoms with van der Waals surface area (Å²) in [5, 5.41) is 0. The lowest BCUT2D eigenvalue weighted by Crippen LogP contribution is -2.46. The minimum Gasteiger partial charge on any atom is -0.497 e. The van der Waals surface area contributed by atoms with Gasteiger partial charge in [-0.1, -0.05) is 0 Å². The molecule has 0 radical (unpaired) electrons. The highest BCUT2D eigenvalue weighted by atomic mass is 16.5. The van der Waals surface area contributed by atoms with Crippen LogP contribution >= 0.6 is 0 Å². The van der Waals surface area contributed by atoms with Crippen molar-refractivity contribution in [2.75, 3.05) is 39.9 Å². The predicted octanol–water partition coefficient (Wildman–Crippen LogP) is 2.48. The molecule has 1 aromatic rings. The van der Waals surface area contributed by atoms with Gasteiger partial charge in [-0.25, -0.2) is 0 Å². The topological polar surface area (TPSA) is 68.3 Å². The van der Waals surface area contributed by atoms with Crippen molar-refractivity contribution in [3.05, 3.63) is 23.8 Å². The third-order valence-electron chi connectivity index (χ3n) is 6.06. The molecule has 0 bridgehead atoms. The Balaban J connectivity index is 1.41. The van der Waals surface area contributed by atoms with Gasteiger partial charge in [0, 0.05) is 51.7 Å². The van der Waals surface area contributed by atoms with Gasteiger partial charge in [-0.05, 0) is 37.8 Å². The van der Waals surface area contributed by atoms with Crippen LogP contribution in [-0.2, 0) is 9.53 Å². The summed E-state index contributed by atoms with van der Waals surface area (Å²) in [6.45, 7) is 3.59. The van der Waals surface area contributed by atoms with Crippen LogP contribution in [0.5, 0.6) is 11.5 Å². The Hall–Kier alpha value is -2.28. The largest absolute Gasteiger partial charge is 0.497 e. The lowest BCUT2D eigenvalue weighted by molar-refractivity contribution is -0.142. The Labute approximate surface area is 171 Å². The van der Waals surface area contributed by atoms with Gasteiger partial charge in [0.15, 0.2) is 0 Å². The van der Waals surface area contributed by atoms with Crippen molar-refractivity contribution >= 4 is 11.8 Å². The summed E-state index contributed by atoms with van der Waals surface area (Å²) >= 11 is 0. The molecule has 29 heavy (non-hydrogen) atoms. The fraction of sp³-hybridized carbons (Fsp3) is 0.636. The molecular formula is C22H30N2O5. The molecule has 7 nitrogen and oxygen atoms in total. The maximum atomic E-state index is 12.9. The molecule has 0 unspecified atom stereocenters. The molecule has 0 aromatic heterocycles. The van der Waals surface area contributed by atoms with E-state index in [9.17, 15) is 9.59 Å². The van der Waals surface area contributed by atoms with Crippen LogP contribution in [-0.4, -0.2) is 73.7 Å². The Morgan fingerprint density at radius 3 is 2.41 bits per heavy atom. The summed E-state index contributed by atoms with van der Waals surface area (Å²) in [6, 6.07) is 5.40. The quantitative estimate of drug-likeness (QED) is 0.757. The van der Waals surface area contributed by atoms with E-state index in [0.717, 1.165) is 51.6 Å². The van der Waals surface area contributed by atoms with Crippen LogP contribution in [0.25, 0.3) is 0 Å². The molecule has 0 N–H and O–H groups in total. The van der Waals surface area contributed by atoms with Crippen molar-refractivity contribution < 1.29 is 23.8 Å². The van der Waals surface area contributed by atoms with E-state index in [1.165, 1.54) is 0 Å². The number of hydrogen-bond donors (Lipinski definition) is 0. The van der Waals surface area contributed by atoms with Gasteiger partial charge in [-0.3, -0.25) is 9.59 Å². The number of amides is 2. The fourth-order valence-corrected chi connectivity index (χ4v) is 4.34. The molecule has 7 heteroatoms. The van der Waals surface area contributed by atoms with Crippen molar-refractivity contribution in [1.29, 1.82) is 0 Å². The second-order valence-electron chi connectivity index (χ2n) is 8.01. The smallest absolute Gasteiger partial charge is 0.257 e. The number of piperidine rings is 1. The third kappa shape index (κ3) is 4.50. The number of carbonyl (C=O) groups excluding carboxylic acids is 2. The summed E-state index contributed by atoms with van der Waals surface area (Å²) in [7, 11) is 1.61. The molecule has 0 aliphatic carbocycles. The zero-order chi connectivity index (χ0) is 20.2. The van der Waals surface area contributed by atoms with Crippen LogP contribution in [0.15, 0.2) is 18.2 Å². The average Bonchev–Trinajstić information content (AvgIpc) is 3.47. The van der Waals surface area contributed by atoms with Gasteiger partial charge in [-0.2, -0.15) is 0 Å². The number of methoxy groups -OCH3 is 1. The Morgan fingerprint density at radius 1 is 1.00 bits per heavy atom. The monoisotopic (exact) mass is 402 g/mol. The van der Waals surface area contributed by atoms with Crippen molar-refractivity contribution in [1.82, 2.24) is 9.80 Å². The minimum atomic E-state index is -0.268. The first-order chi connectivity index (χ1) is 14.2. The second-order valence-corrected chi connectivity index (χ2v) is 8.01. The number of likely N-dealkylation sites (tertiary alicyclic amines) is 2. The van der Waals surface area contributed by atoms with E-state index in [-0.39, 0.29) is 24.0 Å². The summed E-state index contributed by atoms with van der Waals surface area (Å²) < 4.78 is 17.1. The zero-order valence-corrected chi connectivity index (χ0v) is 17.1. The maximum Gasteiger partial charge on any atom is 0.257 e. The standard InChI is InChI=1S/C22H30N2O5/c1-27-17-6-7-18(21(25)23-10-2-3-11-23)20(15-17)29-16-8-12-24(13-9-16)22(26)19-5-4-14-28-19/h6-7,15-16,19H,2-5,8-14H2,1H3/t19-/m0/s1. The molecule has 3 saturated heterocycles. The van der Waals surface area contributed by atoms with Crippen molar-refractivity contribution in [2.45, 2.75) is 50.7 Å². The summed E-state index contributed by atoms with van der Waals surface area (Å²) in [5.74, 6) is 1.37. The molecule has 0 spiro atoms. The second kappa shape index (κ2) is 9.03. The van der Waals surface area contributed by atoms with E-state index in [4.69, 9.17) is 14.2 Å². The van der Waals surface area contributed by atoms with Crippen LogP contribution in [0.4, 0.5) is 0 Å². The highest BCUT2D eigenvalue weighted by Gasteiger charge is 2.32. The summed E-state index contributed by atoms with van der Waals surface area (Å²) in [6.07, 6.45) is 5.07. The molecule has 3 aliphatic rings. The molecule has 3 aliphatic heterocycles. The zero-order valence-electron chi connectivity index (χ0n) is 17.1. The van der Waals surface area contributed by atoms with E-state index in [2.05, 4.69) is 0 Å². The normalized spacial score (nSPS) is 22.7. The SMILES string of the molecule is COc1ccc(C(=O)N2CCCC2)c(OC2CCN(C(=O)[C@@H]3CCCO3)CC2)c1. The summed E-state index contributed by atoms with van der Waals surface area (Å²) in [4.78, 5) is 29.2. The number of hydrogen-bond acceptors (Lipinski definition) is 5. The summed E-state index contributed by atoms with van der Waals surface area (Å²) in [5.41, 5.74) is 0.588. The van der Waals surface area contributed by atoms with Gasteiger partial charge in [-0.15, -0.1) is 0 Å². The average molecular weight is 402 g/mol. The number of ether oxygens (including phenoxy) is 3. The van der Waals surface area contributed by atoms with E-state index in [1.807, 2.05) is 9.80 Å². The van der Waals surface area contributed by atoms with Crippen LogP contribution < -0.4 is 9.47 Å². The lowest BCUT2D eigenvalue weighted by atomic mass is 10.1. The Bertz CT molecular complexity index is 733. The lowest BCUT2D eigenvalue weighted by Gasteiger charge is -2.33. The van der Waals surface area contributed by atoms with Crippen LogP contribution in [0, 0.1) is 0 Å².